The summed E-state index contributed by atoms with van der Waals surface area (Å²) in [6, 6.07) is 18.0. The monoisotopic (exact) mass is 728 g/mol. The number of H-pyrrole nitrogens is 2. The van der Waals surface area contributed by atoms with E-state index in [0.29, 0.717) is 36.9 Å². The van der Waals surface area contributed by atoms with Crippen molar-refractivity contribution in [1.82, 2.24) is 30.1 Å². The summed E-state index contributed by atoms with van der Waals surface area (Å²) in [5.74, 6) is 2.64. The Bertz CT molecular complexity index is 2180. The number of nitrogens with zero attached hydrogens (tertiary/aromatic N) is 5. The molecule has 0 amide bonds. The largest absolute Gasteiger partial charge is 0.367 e. The van der Waals surface area contributed by atoms with E-state index in [-0.39, 0.29) is 23.8 Å². The van der Waals surface area contributed by atoms with Gasteiger partial charge in [-0.2, -0.15) is 0 Å². The molecule has 4 aliphatic heterocycles. The molecule has 0 unspecified atom stereocenters. The molecule has 8 atom stereocenters. The maximum atomic E-state index is 16.2. The Morgan fingerprint density at radius 3 is 1.98 bits per heavy atom. The van der Waals surface area contributed by atoms with Gasteiger partial charge >= 0.3 is 0 Å². The number of rotatable bonds is 6. The number of aromatic nitrogens is 4. The van der Waals surface area contributed by atoms with Crippen molar-refractivity contribution >= 4 is 41.4 Å². The van der Waals surface area contributed by atoms with Gasteiger partial charge in [-0.1, -0.05) is 25.0 Å². The molecule has 11 rings (SSSR count). The molecular weight excluding hydrogens is 677 g/mol. The number of hydrogen-bond donors (Lipinski definition) is 3. The quantitative estimate of drug-likeness (QED) is 0.152. The van der Waals surface area contributed by atoms with E-state index in [9.17, 15) is 0 Å². The third kappa shape index (κ3) is 5.50. The van der Waals surface area contributed by atoms with Crippen molar-refractivity contribution in [1.29, 1.82) is 0 Å². The Labute approximate surface area is 316 Å². The number of benzene rings is 3. The second kappa shape index (κ2) is 13.1. The summed E-state index contributed by atoms with van der Waals surface area (Å²) in [7, 11) is 2.27. The molecule has 6 aliphatic rings. The fraction of sp³-hybridized carbons (Fsp3) is 0.535. The van der Waals surface area contributed by atoms with Gasteiger partial charge in [0.2, 0.25) is 0 Å². The highest BCUT2D eigenvalue weighted by atomic mass is 19.1. The molecule has 2 aromatic heterocycles. The standard InChI is InChI=1S/C43H51BF2N8/c44-54-39-9-5-7-25(39)21-40(54)43-49-33-13-11-27(20-35(33)51-43)38-15-14-37(53(38)28-22-29(45)41(30(46)23-28)52-16-2-1-3-17-52)26-10-12-32-34(19-26)50-42(48-32)36-18-24-6-4-8-31(24)47-36/h10-13,19-20,22-25,31,36-40,47H,1-9,14-18,21,44H2,(H,48,50)(H,49,51)/t24-,25-,31-,36-,37+,38+,39-,40-/m0/s1. The maximum absolute atomic E-state index is 16.2. The third-order valence-corrected chi connectivity index (χ3v) is 14.6. The van der Waals surface area contributed by atoms with Gasteiger partial charge < -0.3 is 29.9 Å². The lowest BCUT2D eigenvalue weighted by atomic mass is 10.0. The van der Waals surface area contributed by atoms with Crippen LogP contribution in [0.15, 0.2) is 48.5 Å². The average molecular weight is 729 g/mol. The van der Waals surface area contributed by atoms with Gasteiger partial charge in [0.1, 0.15) is 17.3 Å². The fourth-order valence-electron chi connectivity index (χ4n) is 11.9. The highest BCUT2D eigenvalue weighted by molar-refractivity contribution is 6.05. The van der Waals surface area contributed by atoms with Crippen LogP contribution >= 0.6 is 0 Å². The molecule has 0 bridgehead atoms. The molecule has 3 N–H and O–H groups in total. The van der Waals surface area contributed by atoms with Crippen LogP contribution in [0.3, 0.4) is 0 Å². The Morgan fingerprint density at radius 2 is 1.30 bits per heavy atom. The highest BCUT2D eigenvalue weighted by Gasteiger charge is 2.43. The number of nitrogens with one attached hydrogen (secondary N) is 3. The minimum atomic E-state index is -0.477. The van der Waals surface area contributed by atoms with E-state index in [4.69, 9.17) is 9.97 Å². The fourth-order valence-corrected chi connectivity index (χ4v) is 11.9. The van der Waals surface area contributed by atoms with Crippen LogP contribution in [0.4, 0.5) is 20.2 Å². The minimum Gasteiger partial charge on any atom is -0.367 e. The smallest absolute Gasteiger partial charge is 0.186 e. The maximum Gasteiger partial charge on any atom is 0.186 e. The number of halogens is 2. The molecule has 8 nitrogen and oxygen atoms in total. The normalized spacial score (nSPS) is 31.4. The summed E-state index contributed by atoms with van der Waals surface area (Å²) in [6.07, 6.45) is 14.9. The van der Waals surface area contributed by atoms with Crippen LogP contribution in [0.1, 0.15) is 130 Å². The van der Waals surface area contributed by atoms with Gasteiger partial charge in [-0.05, 0) is 130 Å². The lowest BCUT2D eigenvalue weighted by Gasteiger charge is -2.35. The zero-order valence-corrected chi connectivity index (χ0v) is 31.3. The van der Waals surface area contributed by atoms with Crippen molar-refractivity contribution in [2.24, 2.45) is 11.8 Å². The first kappa shape index (κ1) is 33.4. The van der Waals surface area contributed by atoms with Crippen LogP contribution in [0.25, 0.3) is 22.1 Å². The van der Waals surface area contributed by atoms with Crippen LogP contribution in [0, 0.1) is 23.5 Å². The number of hydrogen-bond acceptors (Lipinski definition) is 6. The van der Waals surface area contributed by atoms with Crippen LogP contribution in [0.2, 0.25) is 0 Å². The number of fused-ring (bicyclic) bond motifs is 4. The number of imidazole rings is 2. The molecule has 6 fully saturated rings. The molecule has 280 valence electrons. The lowest BCUT2D eigenvalue weighted by Crippen LogP contribution is -2.31. The highest BCUT2D eigenvalue weighted by Crippen LogP contribution is 2.50. The molecule has 3 aromatic carbocycles. The van der Waals surface area contributed by atoms with Crippen molar-refractivity contribution in [3.05, 3.63) is 82.9 Å². The minimum absolute atomic E-state index is 0.0692. The van der Waals surface area contributed by atoms with Gasteiger partial charge in [-0.25, -0.2) is 18.7 Å². The molecule has 0 spiro atoms. The average Bonchev–Trinajstić information content (AvgIpc) is 4.02. The van der Waals surface area contributed by atoms with E-state index < -0.39 is 11.6 Å². The molecule has 11 heteroatoms. The first-order valence-corrected chi connectivity index (χ1v) is 20.9. The van der Waals surface area contributed by atoms with Gasteiger partial charge in [0.15, 0.2) is 19.6 Å². The number of aromatic amines is 2. The Morgan fingerprint density at radius 1 is 0.648 bits per heavy atom. The van der Waals surface area contributed by atoms with Gasteiger partial charge in [0.05, 0.1) is 46.2 Å². The van der Waals surface area contributed by atoms with E-state index in [0.717, 1.165) is 102 Å². The van der Waals surface area contributed by atoms with Crippen molar-refractivity contribution < 1.29 is 8.78 Å². The van der Waals surface area contributed by atoms with Gasteiger partial charge in [-0.15, -0.1) is 0 Å². The summed E-state index contributed by atoms with van der Waals surface area (Å²) in [4.78, 5) is 24.3. The van der Waals surface area contributed by atoms with Crippen molar-refractivity contribution in [3.63, 3.8) is 0 Å². The summed E-state index contributed by atoms with van der Waals surface area (Å²) in [6.45, 7) is 1.38. The lowest BCUT2D eigenvalue weighted by molar-refractivity contribution is 0.329. The van der Waals surface area contributed by atoms with Gasteiger partial charge in [-0.3, -0.25) is 0 Å². The first-order valence-electron chi connectivity index (χ1n) is 20.9. The van der Waals surface area contributed by atoms with Gasteiger partial charge in [0.25, 0.3) is 0 Å². The van der Waals surface area contributed by atoms with E-state index in [1.807, 2.05) is 4.90 Å². The van der Waals surface area contributed by atoms with Crippen LogP contribution in [0.5, 0.6) is 0 Å². The van der Waals surface area contributed by atoms with Crippen molar-refractivity contribution in [3.8, 4) is 0 Å². The number of piperidine rings is 1. The summed E-state index contributed by atoms with van der Waals surface area (Å²) >= 11 is 0. The van der Waals surface area contributed by atoms with E-state index in [1.54, 1.807) is 12.1 Å². The molecular formula is C43H51BF2N8. The predicted octanol–water partition coefficient (Wildman–Crippen LogP) is 8.46. The SMILES string of the molecule is BN1[C@H](c2nc3cc([C@H]4CC[C@H](c5ccc6[nH]c([C@@H]7C[C@@H]8CCC[C@@H]8N7)nc6c5)N4c4cc(F)c(N5CCCCC5)c(F)c4)ccc3[nH]2)C[C@@H]2CCC[C@@H]21. The Balaban J connectivity index is 0.946. The molecule has 5 aromatic rings. The van der Waals surface area contributed by atoms with Crippen LogP contribution < -0.4 is 15.1 Å². The molecule has 2 saturated carbocycles. The van der Waals surface area contributed by atoms with E-state index in [2.05, 4.69) is 69.4 Å². The second-order valence-electron chi connectivity index (χ2n) is 17.5. The second-order valence-corrected chi connectivity index (χ2v) is 17.5. The zero-order chi connectivity index (χ0) is 36.1. The topological polar surface area (TPSA) is 79.1 Å². The Hall–Kier alpha value is -3.96. The first-order chi connectivity index (χ1) is 26.4. The Kier molecular flexibility index (Phi) is 8.09. The predicted molar refractivity (Wildman–Crippen MR) is 212 cm³/mol. The van der Waals surface area contributed by atoms with Crippen LogP contribution in [-0.2, 0) is 0 Å². The molecule has 0 radical (unpaired) electrons. The van der Waals surface area contributed by atoms with Crippen molar-refractivity contribution in [2.75, 3.05) is 22.9 Å². The van der Waals surface area contributed by atoms with Gasteiger partial charge in [0, 0.05) is 30.9 Å². The molecule has 54 heavy (non-hydrogen) atoms. The van der Waals surface area contributed by atoms with E-state index in [1.165, 1.54) is 38.5 Å². The molecule has 2 aliphatic carbocycles. The number of anilines is 2. The molecule has 6 heterocycles. The summed E-state index contributed by atoms with van der Waals surface area (Å²) in [5, 5.41) is 3.85. The summed E-state index contributed by atoms with van der Waals surface area (Å²) in [5.41, 5.74) is 6.95. The molecule has 4 saturated heterocycles. The van der Waals surface area contributed by atoms with E-state index >= 15 is 8.78 Å². The third-order valence-electron chi connectivity index (χ3n) is 14.6. The summed E-state index contributed by atoms with van der Waals surface area (Å²) < 4.78 is 32.4. The zero-order valence-electron chi connectivity index (χ0n) is 31.3. The van der Waals surface area contributed by atoms with Crippen LogP contribution in [-0.4, -0.2) is 57.9 Å². The van der Waals surface area contributed by atoms with Crippen molar-refractivity contribution in [2.45, 2.75) is 120 Å².